The number of carbonyl (C=O) groups excluding carboxylic acids is 1. The maximum atomic E-state index is 12.6. The molecule has 0 radical (unpaired) electrons. The maximum absolute atomic E-state index is 12.6. The number of amides is 1. The van der Waals surface area contributed by atoms with Gasteiger partial charge in [0.2, 0.25) is 0 Å². The number of rotatable bonds is 4. The van der Waals surface area contributed by atoms with Crippen molar-refractivity contribution in [3.63, 3.8) is 0 Å². The number of fused-ring (bicyclic) bond motifs is 3. The Hall–Kier alpha value is -3.27. The maximum Gasteiger partial charge on any atom is 0.287 e. The SMILES string of the molecule is O=C(NCc1ccc(N2CCCCC2)cc1)c1cc2c(ccc3ccccc32)o1. The predicted molar refractivity (Wildman–Crippen MR) is 117 cm³/mol. The van der Waals surface area contributed by atoms with Crippen LogP contribution in [0.3, 0.4) is 0 Å². The highest BCUT2D eigenvalue weighted by molar-refractivity contribution is 6.08. The Morgan fingerprint density at radius 2 is 1.69 bits per heavy atom. The third-order valence-electron chi connectivity index (χ3n) is 5.76. The highest BCUT2D eigenvalue weighted by Gasteiger charge is 2.14. The molecule has 1 fully saturated rings. The van der Waals surface area contributed by atoms with E-state index in [1.807, 2.05) is 30.3 Å². The molecule has 4 aromatic rings. The predicted octanol–water partition coefficient (Wildman–Crippen LogP) is 5.51. The molecule has 1 aliphatic heterocycles. The molecule has 1 amide bonds. The van der Waals surface area contributed by atoms with Crippen molar-refractivity contribution in [3.05, 3.63) is 78.1 Å². The standard InChI is InChI=1S/C25H24N2O2/c28-25(24-16-22-21-7-3-2-6-19(21)10-13-23(22)29-24)26-17-18-8-11-20(12-9-18)27-14-4-1-5-15-27/h2-3,6-13,16H,1,4-5,14-15,17H2,(H,26,28). The number of carbonyl (C=O) groups is 1. The summed E-state index contributed by atoms with van der Waals surface area (Å²) in [6, 6.07) is 22.4. The molecule has 0 saturated carbocycles. The van der Waals surface area contributed by atoms with Crippen molar-refractivity contribution in [3.8, 4) is 0 Å². The van der Waals surface area contributed by atoms with E-state index in [0.717, 1.165) is 40.4 Å². The Kier molecular flexibility index (Phi) is 4.68. The van der Waals surface area contributed by atoms with Crippen LogP contribution in [0.4, 0.5) is 5.69 Å². The Balaban J connectivity index is 1.28. The zero-order valence-electron chi connectivity index (χ0n) is 16.4. The van der Waals surface area contributed by atoms with E-state index in [9.17, 15) is 4.79 Å². The van der Waals surface area contributed by atoms with Crippen molar-refractivity contribution in [1.82, 2.24) is 5.32 Å². The number of nitrogens with one attached hydrogen (secondary N) is 1. The van der Waals surface area contributed by atoms with E-state index in [0.29, 0.717) is 12.3 Å². The first-order chi connectivity index (χ1) is 14.3. The van der Waals surface area contributed by atoms with Crippen LogP contribution in [-0.2, 0) is 6.54 Å². The van der Waals surface area contributed by atoms with Gasteiger partial charge in [-0.2, -0.15) is 0 Å². The third kappa shape index (κ3) is 3.58. The van der Waals surface area contributed by atoms with Crippen LogP contribution >= 0.6 is 0 Å². The average Bonchev–Trinajstić information content (AvgIpc) is 3.23. The van der Waals surface area contributed by atoms with Gasteiger partial charge in [-0.3, -0.25) is 4.79 Å². The van der Waals surface area contributed by atoms with Gasteiger partial charge in [0, 0.05) is 30.7 Å². The van der Waals surface area contributed by atoms with Crippen molar-refractivity contribution in [1.29, 1.82) is 0 Å². The average molecular weight is 384 g/mol. The largest absolute Gasteiger partial charge is 0.451 e. The van der Waals surface area contributed by atoms with Gasteiger partial charge in [0.25, 0.3) is 5.91 Å². The van der Waals surface area contributed by atoms with Crippen molar-refractivity contribution >= 4 is 33.3 Å². The van der Waals surface area contributed by atoms with Crippen LogP contribution in [0.5, 0.6) is 0 Å². The van der Waals surface area contributed by atoms with E-state index in [4.69, 9.17) is 4.42 Å². The molecular weight excluding hydrogens is 360 g/mol. The van der Waals surface area contributed by atoms with Crippen molar-refractivity contribution < 1.29 is 9.21 Å². The molecule has 4 heteroatoms. The highest BCUT2D eigenvalue weighted by Crippen LogP contribution is 2.28. The fourth-order valence-electron chi connectivity index (χ4n) is 4.15. The second-order valence-electron chi connectivity index (χ2n) is 7.71. The van der Waals surface area contributed by atoms with Crippen LogP contribution in [-0.4, -0.2) is 19.0 Å². The Morgan fingerprint density at radius 1 is 0.897 bits per heavy atom. The summed E-state index contributed by atoms with van der Waals surface area (Å²) in [7, 11) is 0. The summed E-state index contributed by atoms with van der Waals surface area (Å²) in [5, 5.41) is 6.19. The summed E-state index contributed by atoms with van der Waals surface area (Å²) in [6.45, 7) is 2.75. The highest BCUT2D eigenvalue weighted by atomic mass is 16.3. The van der Waals surface area contributed by atoms with Gasteiger partial charge < -0.3 is 14.6 Å². The van der Waals surface area contributed by atoms with E-state index >= 15 is 0 Å². The van der Waals surface area contributed by atoms with E-state index in [-0.39, 0.29) is 5.91 Å². The Labute approximate surface area is 170 Å². The molecule has 2 heterocycles. The van der Waals surface area contributed by atoms with Crippen LogP contribution < -0.4 is 10.2 Å². The number of anilines is 1. The van der Waals surface area contributed by atoms with E-state index in [1.54, 1.807) is 0 Å². The topological polar surface area (TPSA) is 45.5 Å². The van der Waals surface area contributed by atoms with Gasteiger partial charge in [-0.15, -0.1) is 0 Å². The van der Waals surface area contributed by atoms with E-state index in [2.05, 4.69) is 46.6 Å². The second kappa shape index (κ2) is 7.63. The lowest BCUT2D eigenvalue weighted by Gasteiger charge is -2.28. The van der Waals surface area contributed by atoms with Crippen molar-refractivity contribution in [2.75, 3.05) is 18.0 Å². The molecule has 1 saturated heterocycles. The zero-order valence-corrected chi connectivity index (χ0v) is 16.4. The normalized spacial score (nSPS) is 14.4. The number of hydrogen-bond donors (Lipinski definition) is 1. The van der Waals surface area contributed by atoms with Gasteiger partial charge in [0.05, 0.1) is 0 Å². The summed E-state index contributed by atoms with van der Waals surface area (Å²) in [6.07, 6.45) is 3.87. The molecule has 0 spiro atoms. The van der Waals surface area contributed by atoms with E-state index in [1.165, 1.54) is 24.9 Å². The van der Waals surface area contributed by atoms with Crippen molar-refractivity contribution in [2.45, 2.75) is 25.8 Å². The lowest BCUT2D eigenvalue weighted by Crippen LogP contribution is -2.29. The van der Waals surface area contributed by atoms with Crippen LogP contribution in [0, 0.1) is 0 Å². The molecule has 0 unspecified atom stereocenters. The number of furan rings is 1. The van der Waals surface area contributed by atoms with Crippen LogP contribution in [0.15, 0.2) is 71.1 Å². The van der Waals surface area contributed by atoms with Crippen LogP contribution in [0.25, 0.3) is 21.7 Å². The van der Waals surface area contributed by atoms with Gasteiger partial charge in [-0.1, -0.05) is 42.5 Å². The molecule has 5 rings (SSSR count). The molecule has 0 bridgehead atoms. The number of benzene rings is 3. The summed E-state index contributed by atoms with van der Waals surface area (Å²) < 4.78 is 5.81. The zero-order chi connectivity index (χ0) is 19.6. The fraction of sp³-hybridized carbons (Fsp3) is 0.240. The lowest BCUT2D eigenvalue weighted by molar-refractivity contribution is 0.0925. The Bertz CT molecular complexity index is 1150. The first-order valence-corrected chi connectivity index (χ1v) is 10.3. The van der Waals surface area contributed by atoms with Gasteiger partial charge in [0.1, 0.15) is 5.58 Å². The first-order valence-electron chi connectivity index (χ1n) is 10.3. The second-order valence-corrected chi connectivity index (χ2v) is 7.71. The quantitative estimate of drug-likeness (QED) is 0.505. The van der Waals surface area contributed by atoms with Crippen LogP contribution in [0.2, 0.25) is 0 Å². The third-order valence-corrected chi connectivity index (χ3v) is 5.76. The molecule has 4 nitrogen and oxygen atoms in total. The molecule has 1 aliphatic rings. The summed E-state index contributed by atoms with van der Waals surface area (Å²) in [5.74, 6) is 0.159. The van der Waals surface area contributed by atoms with Gasteiger partial charge in [0.15, 0.2) is 5.76 Å². The van der Waals surface area contributed by atoms with Crippen LogP contribution in [0.1, 0.15) is 35.4 Å². The minimum absolute atomic E-state index is 0.189. The van der Waals surface area contributed by atoms with Crippen molar-refractivity contribution in [2.24, 2.45) is 0 Å². The van der Waals surface area contributed by atoms with Gasteiger partial charge >= 0.3 is 0 Å². The monoisotopic (exact) mass is 384 g/mol. The Morgan fingerprint density at radius 3 is 2.52 bits per heavy atom. The molecule has 29 heavy (non-hydrogen) atoms. The summed E-state index contributed by atoms with van der Waals surface area (Å²) in [5.41, 5.74) is 3.09. The minimum Gasteiger partial charge on any atom is -0.451 e. The molecule has 1 N–H and O–H groups in total. The molecule has 0 atom stereocenters. The fourth-order valence-corrected chi connectivity index (χ4v) is 4.15. The number of nitrogens with zero attached hydrogens (tertiary/aromatic N) is 1. The van der Waals surface area contributed by atoms with Gasteiger partial charge in [-0.05, 0) is 59.9 Å². The number of piperidine rings is 1. The summed E-state index contributed by atoms with van der Waals surface area (Å²) in [4.78, 5) is 15.1. The molecular formula is C25H24N2O2. The molecule has 146 valence electrons. The summed E-state index contributed by atoms with van der Waals surface area (Å²) >= 11 is 0. The molecule has 0 aliphatic carbocycles. The number of hydrogen-bond acceptors (Lipinski definition) is 3. The smallest absolute Gasteiger partial charge is 0.287 e. The first kappa shape index (κ1) is 17.8. The molecule has 1 aromatic heterocycles. The van der Waals surface area contributed by atoms with E-state index < -0.39 is 0 Å². The van der Waals surface area contributed by atoms with Gasteiger partial charge in [-0.25, -0.2) is 0 Å². The lowest BCUT2D eigenvalue weighted by atomic mass is 10.1. The minimum atomic E-state index is -0.189. The molecule has 3 aromatic carbocycles.